The SMILES string of the molecule is NC1NNC2C=CC=CC12. The Morgan fingerprint density at radius 3 is 2.70 bits per heavy atom. The lowest BCUT2D eigenvalue weighted by molar-refractivity contribution is 0.528. The van der Waals surface area contributed by atoms with E-state index in [-0.39, 0.29) is 6.17 Å². The van der Waals surface area contributed by atoms with Crippen molar-refractivity contribution in [2.24, 2.45) is 11.7 Å². The van der Waals surface area contributed by atoms with Crippen molar-refractivity contribution in [2.45, 2.75) is 12.2 Å². The van der Waals surface area contributed by atoms with Gasteiger partial charge in [0.15, 0.2) is 0 Å². The first kappa shape index (κ1) is 6.09. The molecule has 1 fully saturated rings. The van der Waals surface area contributed by atoms with E-state index in [0.29, 0.717) is 12.0 Å². The molecular weight excluding hydrogens is 126 g/mol. The van der Waals surface area contributed by atoms with Crippen molar-refractivity contribution in [2.75, 3.05) is 0 Å². The lowest BCUT2D eigenvalue weighted by atomic mass is 9.95. The van der Waals surface area contributed by atoms with Crippen molar-refractivity contribution in [1.29, 1.82) is 0 Å². The minimum absolute atomic E-state index is 0.0613. The summed E-state index contributed by atoms with van der Waals surface area (Å²) in [5.74, 6) is 0.421. The number of fused-ring (bicyclic) bond motifs is 1. The van der Waals surface area contributed by atoms with Gasteiger partial charge in [-0.25, -0.2) is 10.9 Å². The van der Waals surface area contributed by atoms with Crippen LogP contribution in [0.5, 0.6) is 0 Å². The molecule has 0 radical (unpaired) electrons. The van der Waals surface area contributed by atoms with Gasteiger partial charge in [0.25, 0.3) is 0 Å². The zero-order valence-electron chi connectivity index (χ0n) is 5.62. The summed E-state index contributed by atoms with van der Waals surface area (Å²) in [5.41, 5.74) is 11.8. The average molecular weight is 137 g/mol. The molecule has 2 rings (SSSR count). The third-order valence-electron chi connectivity index (χ3n) is 2.01. The molecule has 0 aromatic heterocycles. The number of hydrazine groups is 1. The maximum atomic E-state index is 5.73. The normalized spacial score (nSPS) is 43.9. The minimum atomic E-state index is 0.0613. The van der Waals surface area contributed by atoms with Crippen LogP contribution in [0.2, 0.25) is 0 Å². The third kappa shape index (κ3) is 0.794. The van der Waals surface area contributed by atoms with E-state index in [1.54, 1.807) is 0 Å². The predicted octanol–water partition coefficient (Wildman–Crippen LogP) is -0.510. The van der Waals surface area contributed by atoms with Crippen LogP contribution in [-0.4, -0.2) is 12.2 Å². The highest BCUT2D eigenvalue weighted by Crippen LogP contribution is 2.17. The second-order valence-corrected chi connectivity index (χ2v) is 2.69. The average Bonchev–Trinajstić information content (AvgIpc) is 2.34. The summed E-state index contributed by atoms with van der Waals surface area (Å²) >= 11 is 0. The summed E-state index contributed by atoms with van der Waals surface area (Å²) in [6.45, 7) is 0. The van der Waals surface area contributed by atoms with Gasteiger partial charge in [-0.3, -0.25) is 0 Å². The fourth-order valence-electron chi connectivity index (χ4n) is 1.40. The zero-order valence-corrected chi connectivity index (χ0v) is 5.62. The van der Waals surface area contributed by atoms with Gasteiger partial charge < -0.3 is 5.73 Å². The molecule has 10 heavy (non-hydrogen) atoms. The van der Waals surface area contributed by atoms with Gasteiger partial charge in [-0.15, -0.1) is 0 Å². The van der Waals surface area contributed by atoms with Crippen molar-refractivity contribution < 1.29 is 0 Å². The van der Waals surface area contributed by atoms with Gasteiger partial charge >= 0.3 is 0 Å². The summed E-state index contributed by atoms with van der Waals surface area (Å²) in [5, 5.41) is 0. The largest absolute Gasteiger partial charge is 0.314 e. The van der Waals surface area contributed by atoms with Crippen molar-refractivity contribution in [1.82, 2.24) is 10.9 Å². The summed E-state index contributed by atoms with van der Waals surface area (Å²) in [6, 6.07) is 0.389. The molecule has 0 aromatic rings. The Labute approximate surface area is 59.9 Å². The molecule has 0 aromatic carbocycles. The molecule has 3 unspecified atom stereocenters. The standard InChI is InChI=1S/C7H11N3/c8-7-5-3-1-2-4-6(5)9-10-7/h1-7,9-10H,8H2. The van der Waals surface area contributed by atoms with E-state index in [4.69, 9.17) is 5.73 Å². The number of hydrogen-bond donors (Lipinski definition) is 3. The molecule has 1 heterocycles. The summed E-state index contributed by atoms with van der Waals surface area (Å²) in [4.78, 5) is 0. The molecule has 0 bridgehead atoms. The van der Waals surface area contributed by atoms with E-state index in [9.17, 15) is 0 Å². The second-order valence-electron chi connectivity index (χ2n) is 2.69. The molecule has 1 aliphatic heterocycles. The van der Waals surface area contributed by atoms with Crippen molar-refractivity contribution in [3.05, 3.63) is 24.3 Å². The van der Waals surface area contributed by atoms with Gasteiger partial charge in [-0.2, -0.15) is 0 Å². The van der Waals surface area contributed by atoms with Gasteiger partial charge in [0.1, 0.15) is 0 Å². The van der Waals surface area contributed by atoms with Gasteiger partial charge in [0.2, 0.25) is 0 Å². The lowest BCUT2D eigenvalue weighted by Gasteiger charge is -2.15. The Hall–Kier alpha value is -0.640. The first-order chi connectivity index (χ1) is 4.88. The van der Waals surface area contributed by atoms with Gasteiger partial charge in [0, 0.05) is 12.0 Å². The molecule has 3 nitrogen and oxygen atoms in total. The van der Waals surface area contributed by atoms with Gasteiger partial charge in [-0.1, -0.05) is 24.3 Å². The van der Waals surface area contributed by atoms with E-state index in [1.807, 2.05) is 12.2 Å². The Morgan fingerprint density at radius 2 is 1.90 bits per heavy atom. The topological polar surface area (TPSA) is 50.1 Å². The van der Waals surface area contributed by atoms with Crippen LogP contribution in [0.1, 0.15) is 0 Å². The fraction of sp³-hybridized carbons (Fsp3) is 0.429. The van der Waals surface area contributed by atoms with E-state index in [0.717, 1.165) is 0 Å². The monoisotopic (exact) mass is 137 g/mol. The lowest BCUT2D eigenvalue weighted by Crippen LogP contribution is -2.38. The minimum Gasteiger partial charge on any atom is -0.314 e. The van der Waals surface area contributed by atoms with Crippen LogP contribution in [0.4, 0.5) is 0 Å². The summed E-state index contributed by atoms with van der Waals surface area (Å²) in [6.07, 6.45) is 8.38. The van der Waals surface area contributed by atoms with Crippen LogP contribution in [0.15, 0.2) is 24.3 Å². The van der Waals surface area contributed by atoms with Crippen LogP contribution in [-0.2, 0) is 0 Å². The number of hydrogen-bond acceptors (Lipinski definition) is 3. The maximum absolute atomic E-state index is 5.73. The quantitative estimate of drug-likeness (QED) is 0.421. The first-order valence-electron chi connectivity index (χ1n) is 3.49. The fourth-order valence-corrected chi connectivity index (χ4v) is 1.40. The number of nitrogens with two attached hydrogens (primary N) is 1. The molecule has 54 valence electrons. The Bertz CT molecular complexity index is 185. The molecule has 1 saturated heterocycles. The molecule has 4 N–H and O–H groups in total. The molecule has 2 aliphatic rings. The first-order valence-corrected chi connectivity index (χ1v) is 3.49. The summed E-state index contributed by atoms with van der Waals surface area (Å²) < 4.78 is 0. The summed E-state index contributed by atoms with van der Waals surface area (Å²) in [7, 11) is 0. The number of rotatable bonds is 0. The maximum Gasteiger partial charge on any atom is 0.0761 e. The predicted molar refractivity (Wildman–Crippen MR) is 39.8 cm³/mol. The second kappa shape index (κ2) is 2.20. The van der Waals surface area contributed by atoms with Crippen molar-refractivity contribution in [3.8, 4) is 0 Å². The van der Waals surface area contributed by atoms with Crippen LogP contribution in [0.3, 0.4) is 0 Å². The van der Waals surface area contributed by atoms with Crippen molar-refractivity contribution in [3.63, 3.8) is 0 Å². The molecule has 0 amide bonds. The molecule has 3 atom stereocenters. The van der Waals surface area contributed by atoms with Crippen LogP contribution < -0.4 is 16.6 Å². The van der Waals surface area contributed by atoms with E-state index in [2.05, 4.69) is 23.0 Å². The smallest absolute Gasteiger partial charge is 0.0761 e. The molecule has 0 spiro atoms. The number of nitrogens with one attached hydrogen (secondary N) is 2. The van der Waals surface area contributed by atoms with Gasteiger partial charge in [0.05, 0.1) is 6.17 Å². The molecule has 3 heteroatoms. The zero-order chi connectivity index (χ0) is 6.97. The van der Waals surface area contributed by atoms with Gasteiger partial charge in [-0.05, 0) is 0 Å². The number of allylic oxidation sites excluding steroid dienone is 2. The molecular formula is C7H11N3. The Kier molecular flexibility index (Phi) is 1.34. The van der Waals surface area contributed by atoms with Crippen LogP contribution >= 0.6 is 0 Å². The molecule has 1 aliphatic carbocycles. The van der Waals surface area contributed by atoms with Crippen LogP contribution in [0, 0.1) is 5.92 Å². The third-order valence-corrected chi connectivity index (χ3v) is 2.01. The van der Waals surface area contributed by atoms with E-state index < -0.39 is 0 Å². The highest BCUT2D eigenvalue weighted by atomic mass is 15.4. The Balaban J connectivity index is 2.19. The van der Waals surface area contributed by atoms with Crippen molar-refractivity contribution >= 4 is 0 Å². The highest BCUT2D eigenvalue weighted by Gasteiger charge is 2.30. The van der Waals surface area contributed by atoms with E-state index in [1.165, 1.54) is 0 Å². The molecule has 0 saturated carbocycles. The van der Waals surface area contributed by atoms with E-state index >= 15 is 0 Å². The van der Waals surface area contributed by atoms with Crippen LogP contribution in [0.25, 0.3) is 0 Å². The Morgan fingerprint density at radius 1 is 1.10 bits per heavy atom. The highest BCUT2D eigenvalue weighted by molar-refractivity contribution is 5.20.